The first kappa shape index (κ1) is 14.6. The van der Waals surface area contributed by atoms with Crippen LogP contribution in [0.15, 0.2) is 16.7 Å². The summed E-state index contributed by atoms with van der Waals surface area (Å²) in [6.07, 6.45) is 5.88. The molecule has 0 radical (unpaired) electrons. The predicted octanol–water partition coefficient (Wildman–Crippen LogP) is 3.40. The molecular formula is C16H28N2O. The van der Waals surface area contributed by atoms with Gasteiger partial charge in [-0.1, -0.05) is 27.2 Å². The van der Waals surface area contributed by atoms with Crippen LogP contribution in [0.2, 0.25) is 0 Å². The number of hydrogen-bond donors (Lipinski definition) is 1. The first-order chi connectivity index (χ1) is 9.19. The van der Waals surface area contributed by atoms with Gasteiger partial charge in [0.15, 0.2) is 0 Å². The third kappa shape index (κ3) is 4.36. The molecular weight excluding hydrogens is 236 g/mol. The summed E-state index contributed by atoms with van der Waals surface area (Å²) in [6.45, 7) is 11.0. The molecule has 2 rings (SSSR count). The predicted molar refractivity (Wildman–Crippen MR) is 79.0 cm³/mol. The molecule has 2 heterocycles. The smallest absolute Gasteiger partial charge is 0.122 e. The molecule has 1 atom stereocenters. The van der Waals surface area contributed by atoms with E-state index in [0.29, 0.717) is 6.04 Å². The zero-order chi connectivity index (χ0) is 13.7. The maximum absolute atomic E-state index is 5.62. The average molecular weight is 264 g/mol. The number of furan rings is 1. The van der Waals surface area contributed by atoms with E-state index in [1.54, 1.807) is 0 Å². The fraction of sp³-hybridized carbons (Fsp3) is 0.750. The Labute approximate surface area is 117 Å². The van der Waals surface area contributed by atoms with Gasteiger partial charge in [-0.15, -0.1) is 0 Å². The van der Waals surface area contributed by atoms with Crippen LogP contribution >= 0.6 is 0 Å². The van der Waals surface area contributed by atoms with Crippen molar-refractivity contribution in [2.75, 3.05) is 13.1 Å². The lowest BCUT2D eigenvalue weighted by Crippen LogP contribution is -2.35. The van der Waals surface area contributed by atoms with E-state index in [1.165, 1.54) is 37.9 Å². The normalized spacial score (nSPS) is 21.2. The SMILES string of the molecule is CCC1CCCN(Cc2ccoc2CNC(C)C)C1. The molecule has 1 aromatic rings. The molecule has 1 aliphatic rings. The van der Waals surface area contributed by atoms with Crippen LogP contribution in [-0.4, -0.2) is 24.0 Å². The lowest BCUT2D eigenvalue weighted by Gasteiger charge is -2.32. The largest absolute Gasteiger partial charge is 0.468 e. The molecule has 19 heavy (non-hydrogen) atoms. The second kappa shape index (κ2) is 7.11. The van der Waals surface area contributed by atoms with E-state index in [2.05, 4.69) is 37.1 Å². The molecule has 0 spiro atoms. The third-order valence-corrected chi connectivity index (χ3v) is 4.08. The van der Waals surface area contributed by atoms with Gasteiger partial charge in [0.1, 0.15) is 5.76 Å². The van der Waals surface area contributed by atoms with Gasteiger partial charge in [-0.05, 0) is 31.4 Å². The molecule has 1 saturated heterocycles. The number of hydrogen-bond acceptors (Lipinski definition) is 3. The van der Waals surface area contributed by atoms with E-state index in [0.717, 1.165) is 24.8 Å². The van der Waals surface area contributed by atoms with Crippen molar-refractivity contribution >= 4 is 0 Å². The first-order valence-corrected chi connectivity index (χ1v) is 7.70. The van der Waals surface area contributed by atoms with Crippen LogP contribution in [-0.2, 0) is 13.1 Å². The van der Waals surface area contributed by atoms with Gasteiger partial charge in [0.2, 0.25) is 0 Å². The average Bonchev–Trinajstić information content (AvgIpc) is 2.84. The van der Waals surface area contributed by atoms with Crippen molar-refractivity contribution in [3.05, 3.63) is 23.7 Å². The Balaban J connectivity index is 1.89. The summed E-state index contributed by atoms with van der Waals surface area (Å²) in [6, 6.07) is 2.63. The van der Waals surface area contributed by atoms with Gasteiger partial charge in [0.05, 0.1) is 12.8 Å². The Hall–Kier alpha value is -0.800. The van der Waals surface area contributed by atoms with Gasteiger partial charge < -0.3 is 9.73 Å². The van der Waals surface area contributed by atoms with E-state index in [1.807, 2.05) is 6.26 Å². The highest BCUT2D eigenvalue weighted by atomic mass is 16.3. The maximum atomic E-state index is 5.62. The number of nitrogens with zero attached hydrogens (tertiary/aromatic N) is 1. The molecule has 0 aliphatic carbocycles. The summed E-state index contributed by atoms with van der Waals surface area (Å²) in [5.41, 5.74) is 1.35. The summed E-state index contributed by atoms with van der Waals surface area (Å²) < 4.78 is 5.62. The van der Waals surface area contributed by atoms with E-state index >= 15 is 0 Å². The highest BCUT2D eigenvalue weighted by Crippen LogP contribution is 2.22. The van der Waals surface area contributed by atoms with Gasteiger partial charge >= 0.3 is 0 Å². The molecule has 1 unspecified atom stereocenters. The number of piperidine rings is 1. The van der Waals surface area contributed by atoms with Gasteiger partial charge in [0.25, 0.3) is 0 Å². The van der Waals surface area contributed by atoms with Crippen LogP contribution in [0.4, 0.5) is 0 Å². The molecule has 1 aromatic heterocycles. The van der Waals surface area contributed by atoms with E-state index in [-0.39, 0.29) is 0 Å². The summed E-state index contributed by atoms with van der Waals surface area (Å²) in [5.74, 6) is 1.99. The van der Waals surface area contributed by atoms with Crippen LogP contribution in [0, 0.1) is 5.92 Å². The number of nitrogens with one attached hydrogen (secondary N) is 1. The van der Waals surface area contributed by atoms with Crippen LogP contribution in [0.25, 0.3) is 0 Å². The highest BCUT2D eigenvalue weighted by molar-refractivity contribution is 5.17. The molecule has 3 nitrogen and oxygen atoms in total. The maximum Gasteiger partial charge on any atom is 0.122 e. The number of likely N-dealkylation sites (tertiary alicyclic amines) is 1. The Morgan fingerprint density at radius 3 is 3.05 bits per heavy atom. The van der Waals surface area contributed by atoms with Crippen LogP contribution < -0.4 is 5.32 Å². The Kier molecular flexibility index (Phi) is 5.46. The molecule has 1 aliphatic heterocycles. The molecule has 0 saturated carbocycles. The Bertz CT molecular complexity index is 373. The fourth-order valence-corrected chi connectivity index (χ4v) is 2.83. The monoisotopic (exact) mass is 264 g/mol. The van der Waals surface area contributed by atoms with Crippen molar-refractivity contribution in [3.8, 4) is 0 Å². The molecule has 3 heteroatoms. The van der Waals surface area contributed by atoms with Gasteiger partial charge in [-0.2, -0.15) is 0 Å². The van der Waals surface area contributed by atoms with Crippen LogP contribution in [0.1, 0.15) is 51.4 Å². The zero-order valence-corrected chi connectivity index (χ0v) is 12.6. The molecule has 0 aromatic carbocycles. The fourth-order valence-electron chi connectivity index (χ4n) is 2.83. The van der Waals surface area contributed by atoms with Crippen molar-refractivity contribution in [1.82, 2.24) is 10.2 Å². The van der Waals surface area contributed by atoms with Crippen LogP contribution in [0.5, 0.6) is 0 Å². The van der Waals surface area contributed by atoms with E-state index in [4.69, 9.17) is 4.42 Å². The lowest BCUT2D eigenvalue weighted by molar-refractivity contribution is 0.163. The minimum Gasteiger partial charge on any atom is -0.468 e. The van der Waals surface area contributed by atoms with Crippen molar-refractivity contribution in [2.45, 2.75) is 59.2 Å². The first-order valence-electron chi connectivity index (χ1n) is 7.70. The zero-order valence-electron chi connectivity index (χ0n) is 12.6. The summed E-state index contributed by atoms with van der Waals surface area (Å²) >= 11 is 0. The molecule has 1 fully saturated rings. The second-order valence-corrected chi connectivity index (χ2v) is 6.06. The quantitative estimate of drug-likeness (QED) is 0.853. The lowest BCUT2D eigenvalue weighted by atomic mass is 9.95. The number of rotatable bonds is 6. The standard InChI is InChI=1S/C16H28N2O/c1-4-14-6-5-8-18(11-14)12-15-7-9-19-16(15)10-17-13(2)3/h7,9,13-14,17H,4-6,8,10-12H2,1-3H3. The molecule has 108 valence electrons. The minimum atomic E-state index is 0.498. The van der Waals surface area contributed by atoms with Crippen molar-refractivity contribution in [3.63, 3.8) is 0 Å². The Morgan fingerprint density at radius 2 is 2.32 bits per heavy atom. The van der Waals surface area contributed by atoms with Crippen LogP contribution in [0.3, 0.4) is 0 Å². The molecule has 0 bridgehead atoms. The summed E-state index contributed by atoms with van der Waals surface area (Å²) in [5, 5.41) is 3.43. The van der Waals surface area contributed by atoms with E-state index in [9.17, 15) is 0 Å². The molecule has 1 N–H and O–H groups in total. The van der Waals surface area contributed by atoms with Crippen molar-refractivity contribution in [2.24, 2.45) is 5.92 Å². The van der Waals surface area contributed by atoms with Gasteiger partial charge in [-0.25, -0.2) is 0 Å². The summed E-state index contributed by atoms with van der Waals surface area (Å²) in [4.78, 5) is 2.58. The Morgan fingerprint density at radius 1 is 1.47 bits per heavy atom. The van der Waals surface area contributed by atoms with E-state index < -0.39 is 0 Å². The third-order valence-electron chi connectivity index (χ3n) is 4.08. The highest BCUT2D eigenvalue weighted by Gasteiger charge is 2.19. The topological polar surface area (TPSA) is 28.4 Å². The second-order valence-electron chi connectivity index (χ2n) is 6.06. The van der Waals surface area contributed by atoms with Crippen molar-refractivity contribution < 1.29 is 4.42 Å². The van der Waals surface area contributed by atoms with Crippen molar-refractivity contribution in [1.29, 1.82) is 0 Å². The van der Waals surface area contributed by atoms with Gasteiger partial charge in [-0.3, -0.25) is 4.90 Å². The summed E-state index contributed by atoms with van der Waals surface area (Å²) in [7, 11) is 0. The minimum absolute atomic E-state index is 0.498. The molecule has 0 amide bonds. The van der Waals surface area contributed by atoms with Gasteiger partial charge in [0, 0.05) is 24.7 Å².